The van der Waals surface area contributed by atoms with Gasteiger partial charge in [0.1, 0.15) is 40.5 Å². The van der Waals surface area contributed by atoms with Crippen LogP contribution in [0.25, 0.3) is 11.3 Å². The second-order valence-electron chi connectivity index (χ2n) is 10.0. The molecule has 2 fully saturated rings. The van der Waals surface area contributed by atoms with Crippen LogP contribution >= 0.6 is 11.6 Å². The van der Waals surface area contributed by atoms with E-state index in [0.717, 1.165) is 0 Å². The number of aromatic hydroxyl groups is 1. The number of phenolic OH excluding ortho intramolecular Hbond substituents is 1. The number of carbonyl (C=O) groups is 2. The molecule has 0 aliphatic carbocycles. The molecule has 5 rings (SSSR count). The summed E-state index contributed by atoms with van der Waals surface area (Å²) < 4.78 is 21.2. The van der Waals surface area contributed by atoms with Gasteiger partial charge in [0.2, 0.25) is 11.8 Å². The van der Waals surface area contributed by atoms with E-state index in [2.05, 4.69) is 11.5 Å². The van der Waals surface area contributed by atoms with Crippen molar-refractivity contribution < 1.29 is 23.8 Å². The second kappa shape index (κ2) is 9.05. The Bertz CT molecular complexity index is 1250. The highest BCUT2D eigenvalue weighted by atomic mass is 35.5. The van der Waals surface area contributed by atoms with Gasteiger partial charge in [-0.3, -0.25) is 19.4 Å². The molecule has 1 aromatic carbocycles. The number of phenols is 1. The zero-order valence-corrected chi connectivity index (χ0v) is 21.0. The van der Waals surface area contributed by atoms with E-state index in [4.69, 9.17) is 21.3 Å². The predicted molar refractivity (Wildman–Crippen MR) is 134 cm³/mol. The number of benzene rings is 1. The van der Waals surface area contributed by atoms with Gasteiger partial charge in [-0.1, -0.05) is 24.2 Å². The van der Waals surface area contributed by atoms with Crippen LogP contribution in [-0.2, 0) is 16.1 Å². The third-order valence-corrected chi connectivity index (χ3v) is 7.64. The quantitative estimate of drug-likeness (QED) is 0.628. The average molecular weight is 515 g/mol. The van der Waals surface area contributed by atoms with Gasteiger partial charge in [-0.05, 0) is 38.5 Å². The maximum atomic E-state index is 14.9. The fraction of sp³-hybridized carbons (Fsp3) is 0.423. The molecule has 2 aromatic rings. The summed E-state index contributed by atoms with van der Waals surface area (Å²) in [7, 11) is 0. The van der Waals surface area contributed by atoms with Gasteiger partial charge in [0, 0.05) is 38.1 Å². The Balaban J connectivity index is 1.67. The molecule has 2 saturated heterocycles. The Hall–Kier alpha value is -3.17. The number of piperazine rings is 1. The van der Waals surface area contributed by atoms with E-state index in [9.17, 15) is 19.1 Å². The molecule has 190 valence electrons. The van der Waals surface area contributed by atoms with Crippen LogP contribution in [0.15, 0.2) is 30.9 Å². The molecule has 0 saturated carbocycles. The Kier molecular flexibility index (Phi) is 6.16. The van der Waals surface area contributed by atoms with Crippen LogP contribution in [0.1, 0.15) is 32.3 Å². The zero-order valence-electron chi connectivity index (χ0n) is 20.3. The van der Waals surface area contributed by atoms with E-state index in [1.807, 2.05) is 13.8 Å². The Morgan fingerprint density at radius 1 is 1.36 bits per heavy atom. The number of pyridine rings is 1. The maximum Gasteiger partial charge on any atom is 0.246 e. The third-order valence-electron chi connectivity index (χ3n) is 7.29. The van der Waals surface area contributed by atoms with Crippen LogP contribution in [0.4, 0.5) is 10.2 Å². The number of ether oxygens (including phenoxy) is 1. The number of hydrogen-bond acceptors (Lipinski definition) is 6. The fourth-order valence-electron chi connectivity index (χ4n) is 5.30. The first-order chi connectivity index (χ1) is 17.1. The monoisotopic (exact) mass is 514 g/mol. The summed E-state index contributed by atoms with van der Waals surface area (Å²) in [5.74, 6) is -0.573. The molecule has 1 aromatic heterocycles. The lowest BCUT2D eigenvalue weighted by molar-refractivity contribution is -0.129. The molecule has 0 spiro atoms. The average Bonchev–Trinajstić information content (AvgIpc) is 3.00. The molecule has 4 heterocycles. The SMILES string of the molecule is C=CC(=O)N1CCN2Cc3c(N4C(=O)CCC4(C)C)nc(-c4c(O)cccc4F)c(Cl)c3OC[C@H]2C1. The summed E-state index contributed by atoms with van der Waals surface area (Å²) in [6.45, 7) is 9.70. The molecule has 0 unspecified atom stereocenters. The van der Waals surface area contributed by atoms with Crippen molar-refractivity contribution in [2.75, 3.05) is 31.1 Å². The highest BCUT2D eigenvalue weighted by molar-refractivity contribution is 6.35. The van der Waals surface area contributed by atoms with Crippen molar-refractivity contribution in [1.82, 2.24) is 14.8 Å². The summed E-state index contributed by atoms with van der Waals surface area (Å²) in [5, 5.41) is 10.6. The first-order valence-electron chi connectivity index (χ1n) is 11.9. The summed E-state index contributed by atoms with van der Waals surface area (Å²) in [6, 6.07) is 3.85. The standard InChI is InChI=1S/C26H28ClFN4O4/c1-4-19(34)31-11-10-30-13-16-24(36-14-15(30)12-31)22(27)23(21-17(28)6-5-7-18(21)33)29-25(16)32-20(35)8-9-26(32,2)3/h4-7,15,33H,1,8-14H2,2-3H3/t15-/m1/s1. The number of fused-ring (bicyclic) bond motifs is 2. The first kappa shape index (κ1) is 24.5. The molecule has 8 nitrogen and oxygen atoms in total. The number of rotatable bonds is 3. The van der Waals surface area contributed by atoms with Crippen molar-refractivity contribution in [3.63, 3.8) is 0 Å². The first-order valence-corrected chi connectivity index (χ1v) is 12.3. The summed E-state index contributed by atoms with van der Waals surface area (Å²) >= 11 is 6.80. The largest absolute Gasteiger partial charge is 0.507 e. The van der Waals surface area contributed by atoms with Crippen molar-refractivity contribution in [3.05, 3.63) is 47.3 Å². The molecular formula is C26H28ClFN4O4. The molecule has 0 radical (unpaired) electrons. The zero-order chi connectivity index (χ0) is 25.8. The second-order valence-corrected chi connectivity index (χ2v) is 10.4. The highest BCUT2D eigenvalue weighted by Crippen LogP contribution is 2.48. The van der Waals surface area contributed by atoms with Gasteiger partial charge in [-0.15, -0.1) is 0 Å². The van der Waals surface area contributed by atoms with Gasteiger partial charge in [0.15, 0.2) is 0 Å². The minimum Gasteiger partial charge on any atom is -0.507 e. The van der Waals surface area contributed by atoms with Gasteiger partial charge in [0.25, 0.3) is 0 Å². The number of amides is 2. The molecule has 10 heteroatoms. The predicted octanol–water partition coefficient (Wildman–Crippen LogP) is 3.74. The number of aromatic nitrogens is 1. The van der Waals surface area contributed by atoms with Crippen molar-refractivity contribution >= 4 is 29.2 Å². The Labute approximate surface area is 213 Å². The van der Waals surface area contributed by atoms with Crippen LogP contribution in [0.3, 0.4) is 0 Å². The van der Waals surface area contributed by atoms with Crippen molar-refractivity contribution in [1.29, 1.82) is 0 Å². The molecule has 1 N–H and O–H groups in total. The summed E-state index contributed by atoms with van der Waals surface area (Å²) in [5.41, 5.74) is -0.0286. The fourth-order valence-corrected chi connectivity index (χ4v) is 5.61. The lowest BCUT2D eigenvalue weighted by Crippen LogP contribution is -2.55. The van der Waals surface area contributed by atoms with Gasteiger partial charge in [-0.2, -0.15) is 0 Å². The Morgan fingerprint density at radius 3 is 2.81 bits per heavy atom. The smallest absolute Gasteiger partial charge is 0.246 e. The molecule has 3 aliphatic heterocycles. The molecule has 36 heavy (non-hydrogen) atoms. The Morgan fingerprint density at radius 2 is 2.14 bits per heavy atom. The molecule has 2 amide bonds. The van der Waals surface area contributed by atoms with Crippen LogP contribution in [0.5, 0.6) is 11.5 Å². The van der Waals surface area contributed by atoms with Crippen LogP contribution in [-0.4, -0.2) is 69.5 Å². The molecule has 1 atom stereocenters. The normalized spacial score (nSPS) is 21.4. The summed E-state index contributed by atoms with van der Waals surface area (Å²) in [4.78, 5) is 35.6. The van der Waals surface area contributed by atoms with E-state index >= 15 is 0 Å². The third kappa shape index (κ3) is 4.00. The highest BCUT2D eigenvalue weighted by Gasteiger charge is 2.43. The van der Waals surface area contributed by atoms with Gasteiger partial charge >= 0.3 is 0 Å². The van der Waals surface area contributed by atoms with E-state index in [0.29, 0.717) is 56.2 Å². The number of anilines is 1. The number of carbonyl (C=O) groups excluding carboxylic acids is 2. The number of hydrogen-bond donors (Lipinski definition) is 1. The number of halogens is 2. The van der Waals surface area contributed by atoms with Crippen LogP contribution in [0.2, 0.25) is 5.02 Å². The molecular weight excluding hydrogens is 487 g/mol. The van der Waals surface area contributed by atoms with Crippen LogP contribution in [0, 0.1) is 5.82 Å². The van der Waals surface area contributed by atoms with E-state index in [-0.39, 0.29) is 46.5 Å². The van der Waals surface area contributed by atoms with Gasteiger partial charge in [-0.25, -0.2) is 9.37 Å². The van der Waals surface area contributed by atoms with Gasteiger partial charge in [0.05, 0.1) is 17.2 Å². The maximum absolute atomic E-state index is 14.9. The van der Waals surface area contributed by atoms with Crippen molar-refractivity contribution in [3.8, 4) is 22.8 Å². The number of nitrogens with zero attached hydrogens (tertiary/aromatic N) is 4. The van der Waals surface area contributed by atoms with E-state index in [1.54, 1.807) is 9.80 Å². The minimum atomic E-state index is -0.688. The minimum absolute atomic E-state index is 0.0138. The van der Waals surface area contributed by atoms with Crippen LogP contribution < -0.4 is 9.64 Å². The molecule has 0 bridgehead atoms. The lowest BCUT2D eigenvalue weighted by Gasteiger charge is -2.40. The van der Waals surface area contributed by atoms with Gasteiger partial charge < -0.3 is 14.7 Å². The van der Waals surface area contributed by atoms with Crippen molar-refractivity contribution in [2.24, 2.45) is 0 Å². The molecule has 3 aliphatic rings. The van der Waals surface area contributed by atoms with E-state index < -0.39 is 11.4 Å². The van der Waals surface area contributed by atoms with Crippen molar-refractivity contribution in [2.45, 2.75) is 44.8 Å². The van der Waals surface area contributed by atoms with E-state index in [1.165, 1.54) is 24.3 Å². The summed E-state index contributed by atoms with van der Waals surface area (Å²) in [6.07, 6.45) is 2.30. The lowest BCUT2D eigenvalue weighted by atomic mass is 10.0. The topological polar surface area (TPSA) is 86.2 Å².